The Morgan fingerprint density at radius 1 is 1.23 bits per heavy atom. The largest absolute Gasteiger partial charge is 0.379 e. The summed E-state index contributed by atoms with van der Waals surface area (Å²) in [6, 6.07) is 2.33. The molecule has 0 aliphatic carbocycles. The van der Waals surface area contributed by atoms with Gasteiger partial charge >= 0.3 is 0 Å². The summed E-state index contributed by atoms with van der Waals surface area (Å²) in [5, 5.41) is 13.4. The van der Waals surface area contributed by atoms with E-state index in [1.54, 1.807) is 17.4 Å². The van der Waals surface area contributed by atoms with Crippen LogP contribution >= 0.6 is 11.3 Å². The monoisotopic (exact) mass is 421 g/mol. The molecular weight excluding hydrogens is 386 g/mol. The number of fused-ring (bicyclic) bond motifs is 1. The first-order valence-corrected chi connectivity index (χ1v) is 11.1. The van der Waals surface area contributed by atoms with E-state index in [-0.39, 0.29) is 0 Å². The van der Waals surface area contributed by atoms with E-state index in [0.717, 1.165) is 61.3 Å². The normalized spacial score (nSPS) is 12.2. The van der Waals surface area contributed by atoms with Crippen LogP contribution in [0, 0.1) is 11.3 Å². The molecule has 1 aliphatic heterocycles. The molecule has 0 spiro atoms. The Morgan fingerprint density at radius 2 is 1.97 bits per heavy atom. The number of hydrogen-bond donors (Lipinski definition) is 1. The smallest absolute Gasteiger partial charge is 0.107 e. The average molecular weight is 422 g/mol. The van der Waals surface area contributed by atoms with E-state index in [1.807, 2.05) is 25.3 Å². The lowest BCUT2D eigenvalue weighted by Gasteiger charge is -2.30. The Balaban J connectivity index is 0.000000382. The van der Waals surface area contributed by atoms with Crippen molar-refractivity contribution in [3.05, 3.63) is 90.0 Å². The highest BCUT2D eigenvalue weighted by Crippen LogP contribution is 2.37. The molecule has 1 aromatic heterocycles. The molecule has 160 valence electrons. The molecule has 4 heteroatoms. The van der Waals surface area contributed by atoms with Crippen LogP contribution in [0.3, 0.4) is 0 Å². The molecule has 0 amide bonds. The van der Waals surface area contributed by atoms with Gasteiger partial charge in [-0.2, -0.15) is 5.26 Å². The van der Waals surface area contributed by atoms with Crippen molar-refractivity contribution in [2.75, 3.05) is 18.9 Å². The lowest BCUT2D eigenvalue weighted by molar-refractivity contribution is 0.316. The molecule has 0 atom stereocenters. The summed E-state index contributed by atoms with van der Waals surface area (Å²) in [5.41, 5.74) is 5.56. The van der Waals surface area contributed by atoms with Gasteiger partial charge < -0.3 is 10.2 Å². The summed E-state index contributed by atoms with van der Waals surface area (Å²) in [6.07, 6.45) is 12.4. The second-order valence-electron chi connectivity index (χ2n) is 7.35. The van der Waals surface area contributed by atoms with Crippen molar-refractivity contribution in [2.24, 2.45) is 0 Å². The highest BCUT2D eigenvalue weighted by atomic mass is 32.1. The highest BCUT2D eigenvalue weighted by Gasteiger charge is 2.24. The Morgan fingerprint density at radius 3 is 2.53 bits per heavy atom. The molecule has 1 N–H and O–H groups in total. The van der Waals surface area contributed by atoms with Crippen molar-refractivity contribution in [1.29, 1.82) is 5.26 Å². The first-order chi connectivity index (χ1) is 14.4. The fraction of sp³-hybridized carbons (Fsp3) is 0.346. The van der Waals surface area contributed by atoms with Crippen molar-refractivity contribution >= 4 is 16.3 Å². The van der Waals surface area contributed by atoms with Crippen LogP contribution in [0.15, 0.2) is 74.0 Å². The average Bonchev–Trinajstić information content (AvgIpc) is 3.11. The van der Waals surface area contributed by atoms with E-state index in [1.165, 1.54) is 21.7 Å². The lowest BCUT2D eigenvalue weighted by Crippen LogP contribution is -2.28. The molecule has 2 rings (SSSR count). The molecule has 0 bridgehead atoms. The molecule has 0 radical (unpaired) electrons. The molecule has 1 aromatic rings. The summed E-state index contributed by atoms with van der Waals surface area (Å²) in [7, 11) is 1.88. The number of thiophene rings is 1. The number of nitrogens with zero attached hydrogens (tertiary/aromatic N) is 2. The highest BCUT2D eigenvalue weighted by molar-refractivity contribution is 7.16. The maximum Gasteiger partial charge on any atom is 0.107 e. The van der Waals surface area contributed by atoms with Crippen LogP contribution in [0.5, 0.6) is 0 Å². The van der Waals surface area contributed by atoms with Gasteiger partial charge in [0.2, 0.25) is 0 Å². The van der Waals surface area contributed by atoms with Crippen molar-refractivity contribution in [3.63, 3.8) is 0 Å². The number of hydrogen-bond acceptors (Lipinski definition) is 4. The summed E-state index contributed by atoms with van der Waals surface area (Å²) >= 11 is 1.70. The maximum absolute atomic E-state index is 9.29. The number of anilines is 1. The van der Waals surface area contributed by atoms with Crippen molar-refractivity contribution in [1.82, 2.24) is 4.90 Å². The lowest BCUT2D eigenvalue weighted by atomic mass is 10.0. The summed E-state index contributed by atoms with van der Waals surface area (Å²) in [4.78, 5) is 3.64. The third-order valence-electron chi connectivity index (χ3n) is 4.82. The molecule has 0 saturated carbocycles. The Bertz CT molecular complexity index is 848. The molecular formula is C26H35N3S. The molecule has 0 saturated heterocycles. The molecule has 0 fully saturated rings. The zero-order valence-corrected chi connectivity index (χ0v) is 19.4. The van der Waals surface area contributed by atoms with Gasteiger partial charge in [-0.3, -0.25) is 0 Å². The van der Waals surface area contributed by atoms with Gasteiger partial charge in [0.05, 0.1) is 12.1 Å². The van der Waals surface area contributed by atoms with Gasteiger partial charge in [-0.05, 0) is 44.6 Å². The third kappa shape index (κ3) is 7.93. The van der Waals surface area contributed by atoms with Gasteiger partial charge in [0.1, 0.15) is 11.1 Å². The van der Waals surface area contributed by atoms with E-state index in [2.05, 4.69) is 56.1 Å². The number of allylic oxidation sites excluding steroid dienone is 7. The standard InChI is InChI=1S/C16H21N3S.C10H14/c1-11(2)5-6-12(3)19-8-7-13-14(9-17)16(18-4)20-15(13)10-19;1-4-6-8-10(3)9-7-5-2/h18H,1,3,5-8,10H2,2,4H3;4-6,8H,1-3,7,9H2/b;8-6-. The number of rotatable bonds is 10. The zero-order valence-electron chi connectivity index (χ0n) is 18.6. The first-order valence-electron chi connectivity index (χ1n) is 10.2. The maximum atomic E-state index is 9.29. The minimum absolute atomic E-state index is 0.833. The van der Waals surface area contributed by atoms with Crippen molar-refractivity contribution < 1.29 is 0 Å². The predicted octanol–water partition coefficient (Wildman–Crippen LogP) is 7.14. The Kier molecular flexibility index (Phi) is 11.3. The zero-order chi connectivity index (χ0) is 22.5. The molecule has 0 aromatic carbocycles. The topological polar surface area (TPSA) is 39.1 Å². The van der Waals surface area contributed by atoms with Crippen molar-refractivity contribution in [2.45, 2.75) is 45.6 Å². The van der Waals surface area contributed by atoms with Crippen molar-refractivity contribution in [3.8, 4) is 6.07 Å². The minimum Gasteiger partial charge on any atom is -0.379 e. The van der Waals surface area contributed by atoms with Crippen LogP contribution < -0.4 is 5.32 Å². The van der Waals surface area contributed by atoms with Gasteiger partial charge in [0.25, 0.3) is 0 Å². The fourth-order valence-corrected chi connectivity index (χ4v) is 4.23. The minimum atomic E-state index is 0.833. The van der Waals surface area contributed by atoms with E-state index < -0.39 is 0 Å². The van der Waals surface area contributed by atoms with Gasteiger partial charge in [-0.1, -0.05) is 55.2 Å². The molecule has 0 unspecified atom stereocenters. The van der Waals surface area contributed by atoms with E-state index in [4.69, 9.17) is 0 Å². The summed E-state index contributed by atoms with van der Waals surface area (Å²) in [5.74, 6) is 0. The molecule has 2 heterocycles. The van der Waals surface area contributed by atoms with Gasteiger partial charge in [0, 0.05) is 24.2 Å². The van der Waals surface area contributed by atoms with E-state index >= 15 is 0 Å². The van der Waals surface area contributed by atoms with Gasteiger partial charge in [0.15, 0.2) is 0 Å². The molecule has 1 aliphatic rings. The van der Waals surface area contributed by atoms with Crippen LogP contribution in [0.1, 0.15) is 48.6 Å². The molecule has 3 nitrogen and oxygen atoms in total. The van der Waals surface area contributed by atoms with Crippen LogP contribution in [-0.2, 0) is 13.0 Å². The van der Waals surface area contributed by atoms with Crippen LogP contribution in [0.4, 0.5) is 5.00 Å². The fourth-order valence-electron chi connectivity index (χ4n) is 3.06. The van der Waals surface area contributed by atoms with Crippen LogP contribution in [0.2, 0.25) is 0 Å². The number of nitriles is 1. The van der Waals surface area contributed by atoms with Crippen LogP contribution in [-0.4, -0.2) is 18.5 Å². The van der Waals surface area contributed by atoms with Gasteiger partial charge in [-0.25, -0.2) is 0 Å². The second-order valence-corrected chi connectivity index (χ2v) is 8.45. The Hall–Kier alpha value is -2.77. The SMILES string of the molecule is C=C(C)CCC(=C)N1CCc2c(sc(NC)c2C#N)C1.C=C/C=C\C(=C)CCC=C. The van der Waals surface area contributed by atoms with E-state index in [9.17, 15) is 5.26 Å². The second kappa shape index (κ2) is 13.5. The third-order valence-corrected chi connectivity index (χ3v) is 6.06. The summed E-state index contributed by atoms with van der Waals surface area (Å²) < 4.78 is 0. The summed E-state index contributed by atoms with van der Waals surface area (Å²) in [6.45, 7) is 23.1. The van der Waals surface area contributed by atoms with E-state index in [0.29, 0.717) is 0 Å². The van der Waals surface area contributed by atoms with Crippen LogP contribution in [0.25, 0.3) is 0 Å². The quantitative estimate of drug-likeness (QED) is 0.322. The number of nitrogens with one attached hydrogen (secondary N) is 1. The predicted molar refractivity (Wildman–Crippen MR) is 134 cm³/mol. The Labute approximate surface area is 187 Å². The molecule has 30 heavy (non-hydrogen) atoms. The van der Waals surface area contributed by atoms with Gasteiger partial charge in [-0.15, -0.1) is 24.5 Å². The first kappa shape index (κ1) is 25.3.